The van der Waals surface area contributed by atoms with E-state index < -0.39 is 41.9 Å². The van der Waals surface area contributed by atoms with Crippen molar-refractivity contribution in [1.29, 1.82) is 0 Å². The van der Waals surface area contributed by atoms with Crippen LogP contribution >= 0.6 is 0 Å². The van der Waals surface area contributed by atoms with Gasteiger partial charge in [0, 0.05) is 6.42 Å². The summed E-state index contributed by atoms with van der Waals surface area (Å²) in [5.41, 5.74) is 1.54. The van der Waals surface area contributed by atoms with E-state index in [1.54, 1.807) is 43.3 Å². The monoisotopic (exact) mass is 470 g/mol. The van der Waals surface area contributed by atoms with Crippen LogP contribution in [0.3, 0.4) is 0 Å². The van der Waals surface area contributed by atoms with E-state index in [0.717, 1.165) is 11.1 Å². The normalized spacial score (nSPS) is 13.1. The molecule has 0 aliphatic carbocycles. The zero-order chi connectivity index (χ0) is 24.9. The van der Waals surface area contributed by atoms with Gasteiger partial charge in [-0.05, 0) is 24.5 Å². The van der Waals surface area contributed by atoms with Crippen LogP contribution in [-0.4, -0.2) is 47.7 Å². The zero-order valence-electron chi connectivity index (χ0n) is 19.2. The number of ether oxygens (including phenoxy) is 2. The molecule has 0 unspecified atom stereocenters. The Kier molecular flexibility index (Phi) is 10.6. The number of carboxylic acid groups (broad SMARTS) is 1. The van der Waals surface area contributed by atoms with Crippen LogP contribution in [0.15, 0.2) is 60.7 Å². The van der Waals surface area contributed by atoms with Gasteiger partial charge in [-0.15, -0.1) is 0 Å². The molecule has 3 N–H and O–H groups in total. The summed E-state index contributed by atoms with van der Waals surface area (Å²) < 4.78 is 10.1. The summed E-state index contributed by atoms with van der Waals surface area (Å²) in [4.78, 5) is 49.0. The van der Waals surface area contributed by atoms with E-state index in [9.17, 15) is 24.3 Å². The minimum absolute atomic E-state index is 0.0150. The summed E-state index contributed by atoms with van der Waals surface area (Å²) in [6.45, 7) is 3.36. The van der Waals surface area contributed by atoms with Gasteiger partial charge in [-0.2, -0.15) is 0 Å². The third kappa shape index (κ3) is 8.93. The third-order valence-electron chi connectivity index (χ3n) is 5.00. The topological polar surface area (TPSA) is 131 Å². The molecular formula is C25H30N2O7. The quantitative estimate of drug-likeness (QED) is 0.407. The Bertz CT molecular complexity index is 950. The number of hydrogen-bond acceptors (Lipinski definition) is 6. The molecule has 2 aromatic rings. The lowest BCUT2D eigenvalue weighted by Crippen LogP contribution is -2.53. The molecule has 34 heavy (non-hydrogen) atoms. The second-order valence-corrected chi connectivity index (χ2v) is 7.74. The average Bonchev–Trinajstić information content (AvgIpc) is 2.83. The number of aliphatic carboxylic acids is 1. The number of alkyl carbamates (subject to hydrolysis) is 1. The van der Waals surface area contributed by atoms with Gasteiger partial charge >= 0.3 is 18.0 Å². The van der Waals surface area contributed by atoms with E-state index in [1.165, 1.54) is 6.92 Å². The predicted octanol–water partition coefficient (Wildman–Crippen LogP) is 2.68. The van der Waals surface area contributed by atoms with Gasteiger partial charge in [0.25, 0.3) is 0 Å². The lowest BCUT2D eigenvalue weighted by molar-refractivity contribution is -0.149. The maximum atomic E-state index is 13.0. The van der Waals surface area contributed by atoms with Crippen molar-refractivity contribution >= 4 is 23.9 Å². The molecule has 2 aromatic carbocycles. The molecule has 182 valence electrons. The van der Waals surface area contributed by atoms with Crippen molar-refractivity contribution in [2.45, 2.75) is 45.4 Å². The van der Waals surface area contributed by atoms with Crippen LogP contribution in [0.1, 0.15) is 31.4 Å². The Morgan fingerprint density at radius 1 is 0.853 bits per heavy atom. The van der Waals surface area contributed by atoms with Crippen LogP contribution in [0.2, 0.25) is 0 Å². The fourth-order valence-electron chi connectivity index (χ4n) is 3.19. The van der Waals surface area contributed by atoms with Crippen LogP contribution in [0.5, 0.6) is 0 Å². The van der Waals surface area contributed by atoms with Gasteiger partial charge in [0.05, 0.1) is 12.5 Å². The summed E-state index contributed by atoms with van der Waals surface area (Å²) >= 11 is 0. The van der Waals surface area contributed by atoms with Gasteiger partial charge in [0.2, 0.25) is 5.91 Å². The number of esters is 1. The van der Waals surface area contributed by atoms with Gasteiger partial charge in [-0.1, -0.05) is 67.6 Å². The number of benzene rings is 2. The highest BCUT2D eigenvalue weighted by atomic mass is 16.5. The zero-order valence-corrected chi connectivity index (χ0v) is 19.2. The van der Waals surface area contributed by atoms with Crippen LogP contribution in [0.25, 0.3) is 0 Å². The largest absolute Gasteiger partial charge is 0.480 e. The molecule has 0 spiro atoms. The standard InChI is InChI=1S/C25H30N2O7/c1-3-33-24(31)17(2)14-21(23(29)30)26-22(28)20(15-18-10-6-4-7-11-18)27-25(32)34-16-19-12-8-5-9-13-19/h4-13,17,20-21H,3,14-16H2,1-2H3,(H,26,28)(H,27,32)(H,29,30)/t17-,20-,21-/m1/s1. The third-order valence-corrected chi connectivity index (χ3v) is 5.00. The van der Waals surface area contributed by atoms with E-state index in [1.807, 2.05) is 24.3 Å². The van der Waals surface area contributed by atoms with Gasteiger partial charge in [-0.3, -0.25) is 9.59 Å². The molecule has 0 saturated heterocycles. The van der Waals surface area contributed by atoms with Crippen LogP contribution in [0.4, 0.5) is 4.79 Å². The average molecular weight is 471 g/mol. The van der Waals surface area contributed by atoms with Gasteiger partial charge in [0.1, 0.15) is 18.7 Å². The number of hydrogen-bond donors (Lipinski definition) is 3. The highest BCUT2D eigenvalue weighted by Gasteiger charge is 2.30. The molecule has 0 fully saturated rings. The Hall–Kier alpha value is -3.88. The highest BCUT2D eigenvalue weighted by Crippen LogP contribution is 2.11. The summed E-state index contributed by atoms with van der Waals surface area (Å²) in [5.74, 6) is -3.29. The van der Waals surface area contributed by atoms with Gasteiger partial charge in [-0.25, -0.2) is 9.59 Å². The highest BCUT2D eigenvalue weighted by molar-refractivity contribution is 5.89. The van der Waals surface area contributed by atoms with Crippen molar-refractivity contribution in [3.63, 3.8) is 0 Å². The Labute approximate surface area is 198 Å². The second kappa shape index (κ2) is 13.6. The molecule has 3 atom stereocenters. The Balaban J connectivity index is 2.08. The van der Waals surface area contributed by atoms with Crippen LogP contribution < -0.4 is 10.6 Å². The predicted molar refractivity (Wildman–Crippen MR) is 124 cm³/mol. The van der Waals surface area contributed by atoms with Crippen molar-refractivity contribution in [2.24, 2.45) is 5.92 Å². The van der Waals surface area contributed by atoms with Crippen molar-refractivity contribution < 1.29 is 33.8 Å². The minimum atomic E-state index is -1.34. The lowest BCUT2D eigenvalue weighted by Gasteiger charge is -2.23. The SMILES string of the molecule is CCOC(=O)[C@H](C)C[C@@H](NC(=O)[C@@H](Cc1ccccc1)NC(=O)OCc1ccccc1)C(=O)O. The molecule has 0 aromatic heterocycles. The number of rotatable bonds is 12. The molecule has 2 amide bonds. The summed E-state index contributed by atoms with van der Waals surface area (Å²) in [6.07, 6.45) is -0.852. The van der Waals surface area contributed by atoms with E-state index >= 15 is 0 Å². The molecule has 0 bridgehead atoms. The number of amides is 2. The smallest absolute Gasteiger partial charge is 0.408 e. The Morgan fingerprint density at radius 3 is 2.00 bits per heavy atom. The first-order valence-electron chi connectivity index (χ1n) is 11.0. The molecule has 0 saturated carbocycles. The van der Waals surface area contributed by atoms with Crippen molar-refractivity contribution in [2.75, 3.05) is 6.61 Å². The molecule has 9 heteroatoms. The maximum absolute atomic E-state index is 13.0. The van der Waals surface area contributed by atoms with E-state index in [0.29, 0.717) is 0 Å². The van der Waals surface area contributed by atoms with E-state index in [2.05, 4.69) is 10.6 Å². The first-order chi connectivity index (χ1) is 16.3. The van der Waals surface area contributed by atoms with Crippen LogP contribution in [-0.2, 0) is 36.9 Å². The number of carbonyl (C=O) groups excluding carboxylic acids is 3. The van der Waals surface area contributed by atoms with Crippen molar-refractivity contribution in [1.82, 2.24) is 10.6 Å². The molecule has 0 aliphatic rings. The first-order valence-corrected chi connectivity index (χ1v) is 11.0. The lowest BCUT2D eigenvalue weighted by atomic mass is 10.0. The minimum Gasteiger partial charge on any atom is -0.480 e. The Morgan fingerprint density at radius 2 is 1.44 bits per heavy atom. The molecule has 9 nitrogen and oxygen atoms in total. The number of carbonyl (C=O) groups is 4. The number of nitrogens with one attached hydrogen (secondary N) is 2. The van der Waals surface area contributed by atoms with Gasteiger partial charge in [0.15, 0.2) is 0 Å². The van der Waals surface area contributed by atoms with E-state index in [4.69, 9.17) is 9.47 Å². The molecular weight excluding hydrogens is 440 g/mol. The van der Waals surface area contributed by atoms with Gasteiger partial charge < -0.3 is 25.2 Å². The molecule has 0 heterocycles. The summed E-state index contributed by atoms with van der Waals surface area (Å²) in [7, 11) is 0. The summed E-state index contributed by atoms with van der Waals surface area (Å²) in [6, 6.07) is 15.6. The fourth-order valence-corrected chi connectivity index (χ4v) is 3.19. The molecule has 2 rings (SSSR count). The van der Waals surface area contributed by atoms with Crippen molar-refractivity contribution in [3.8, 4) is 0 Å². The van der Waals surface area contributed by atoms with Crippen molar-refractivity contribution in [3.05, 3.63) is 71.8 Å². The molecule has 0 aliphatic heterocycles. The summed E-state index contributed by atoms with van der Waals surface area (Å²) in [5, 5.41) is 14.5. The van der Waals surface area contributed by atoms with Crippen LogP contribution in [0, 0.1) is 5.92 Å². The number of carboxylic acids is 1. The maximum Gasteiger partial charge on any atom is 0.408 e. The first kappa shape index (κ1) is 26.4. The fraction of sp³-hybridized carbons (Fsp3) is 0.360. The second-order valence-electron chi connectivity index (χ2n) is 7.74. The van der Waals surface area contributed by atoms with E-state index in [-0.39, 0.29) is 26.1 Å². The molecule has 0 radical (unpaired) electrons.